The lowest BCUT2D eigenvalue weighted by atomic mass is 10.1. The number of rotatable bonds is 7. The molecule has 0 fully saturated rings. The minimum absolute atomic E-state index is 0.425. The largest absolute Gasteiger partial charge is 0.385 e. The Balaban J connectivity index is 1.94. The van der Waals surface area contributed by atoms with Crippen molar-refractivity contribution >= 4 is 28.7 Å². The Hall–Kier alpha value is -2.54. The van der Waals surface area contributed by atoms with Gasteiger partial charge in [0.25, 0.3) is 0 Å². The Labute approximate surface area is 157 Å². The van der Waals surface area contributed by atoms with Gasteiger partial charge in [0.15, 0.2) is 0 Å². The van der Waals surface area contributed by atoms with Crippen LogP contribution in [0.3, 0.4) is 0 Å². The molecule has 0 bridgehead atoms. The summed E-state index contributed by atoms with van der Waals surface area (Å²) >= 11 is -1.97. The van der Waals surface area contributed by atoms with E-state index >= 15 is 0 Å². The molecule has 0 saturated carbocycles. The van der Waals surface area contributed by atoms with Crippen LogP contribution in [-0.4, -0.2) is 23.3 Å². The fraction of sp³-hybridized carbons (Fsp3) is 0.316. The van der Waals surface area contributed by atoms with Gasteiger partial charge in [0.05, 0.1) is 0 Å². The van der Waals surface area contributed by atoms with E-state index in [0.717, 1.165) is 29.9 Å². The van der Waals surface area contributed by atoms with Crippen LogP contribution >= 0.6 is 0 Å². The van der Waals surface area contributed by atoms with Crippen LogP contribution in [0.1, 0.15) is 25.0 Å². The number of nitrogens with one attached hydrogen (secondary N) is 2. The Bertz CT molecular complexity index is 774. The zero-order valence-electron chi connectivity index (χ0n) is 15.5. The first-order chi connectivity index (χ1) is 12.4. The van der Waals surface area contributed by atoms with E-state index in [2.05, 4.69) is 28.8 Å². The van der Waals surface area contributed by atoms with Crippen LogP contribution in [0.4, 0.5) is 16.2 Å². The van der Waals surface area contributed by atoms with Crippen molar-refractivity contribution in [1.29, 1.82) is 0 Å². The van der Waals surface area contributed by atoms with Crippen LogP contribution < -0.4 is 19.1 Å². The molecule has 7 heteroatoms. The second kappa shape index (κ2) is 9.24. The Morgan fingerprint density at radius 3 is 2.31 bits per heavy atom. The third-order valence-corrected chi connectivity index (χ3v) is 4.65. The molecule has 2 amide bonds. The van der Waals surface area contributed by atoms with E-state index in [1.165, 1.54) is 0 Å². The zero-order valence-corrected chi connectivity index (χ0v) is 16.4. The van der Waals surface area contributed by atoms with Crippen LogP contribution in [-0.2, 0) is 11.3 Å². The number of amides is 2. The molecule has 0 aliphatic rings. The maximum Gasteiger partial charge on any atom is 0.333 e. The van der Waals surface area contributed by atoms with Gasteiger partial charge in [-0.05, 0) is 63.6 Å². The highest BCUT2D eigenvalue weighted by Gasteiger charge is 2.11. The predicted octanol–water partition coefficient (Wildman–Crippen LogP) is 3.93. The first-order valence-corrected chi connectivity index (χ1v) is 9.60. The van der Waals surface area contributed by atoms with E-state index in [4.69, 9.17) is 4.18 Å². The fourth-order valence-electron chi connectivity index (χ4n) is 2.50. The molecule has 26 heavy (non-hydrogen) atoms. The van der Waals surface area contributed by atoms with E-state index in [-0.39, 0.29) is 0 Å². The van der Waals surface area contributed by atoms with Gasteiger partial charge in [-0.15, -0.1) is 0 Å². The Kier molecular flexibility index (Phi) is 7.03. The molecule has 2 aromatic rings. The summed E-state index contributed by atoms with van der Waals surface area (Å²) in [4.78, 5) is 14.3. The second-order valence-corrected chi connectivity index (χ2v) is 6.70. The highest BCUT2D eigenvalue weighted by molar-refractivity contribution is 7.79. The molecule has 0 saturated heterocycles. The van der Waals surface area contributed by atoms with Crippen LogP contribution in [0, 0.1) is 13.8 Å². The third-order valence-electron chi connectivity index (χ3n) is 3.96. The summed E-state index contributed by atoms with van der Waals surface area (Å²) in [6.45, 7) is 9.89. The maximum absolute atomic E-state index is 12.0. The minimum atomic E-state index is -1.97. The predicted molar refractivity (Wildman–Crippen MR) is 107 cm³/mol. The van der Waals surface area contributed by atoms with Crippen molar-refractivity contribution in [2.45, 2.75) is 27.7 Å². The fourth-order valence-corrected chi connectivity index (χ4v) is 3.03. The van der Waals surface area contributed by atoms with Crippen molar-refractivity contribution in [2.75, 3.05) is 23.3 Å². The molecule has 2 N–H and O–H groups in total. The van der Waals surface area contributed by atoms with Crippen molar-refractivity contribution in [2.24, 2.45) is 0 Å². The molecule has 0 heterocycles. The van der Waals surface area contributed by atoms with Gasteiger partial charge in [-0.2, -0.15) is 4.21 Å². The quantitative estimate of drug-likeness (QED) is 0.769. The van der Waals surface area contributed by atoms with E-state index in [9.17, 15) is 9.00 Å². The topological polar surface area (TPSA) is 70.7 Å². The third kappa shape index (κ3) is 5.49. The summed E-state index contributed by atoms with van der Waals surface area (Å²) < 4.78 is 19.4. The van der Waals surface area contributed by atoms with E-state index in [0.29, 0.717) is 11.4 Å². The van der Waals surface area contributed by atoms with E-state index in [1.807, 2.05) is 44.2 Å². The van der Waals surface area contributed by atoms with Crippen LogP contribution in [0.2, 0.25) is 0 Å². The molecular formula is C19H25N3O3S. The monoisotopic (exact) mass is 375 g/mol. The van der Waals surface area contributed by atoms with Gasteiger partial charge < -0.3 is 14.4 Å². The number of carbonyl (C=O) groups is 1. The van der Waals surface area contributed by atoms with Crippen LogP contribution in [0.15, 0.2) is 42.5 Å². The normalized spacial score (nSPS) is 11.5. The number of aryl methyl sites for hydroxylation is 2. The smallest absolute Gasteiger partial charge is 0.333 e. The molecule has 6 nitrogen and oxygen atoms in total. The standard InChI is InChI=1S/C19H25N3O3S/c1-5-22(6-2)16-9-12-18(15(4)13-16)20-19(23)21-26(24)25-17-10-7-14(3)8-11-17/h7-13H,5-6H2,1-4H3,(H2,20,21,23). The van der Waals surface area contributed by atoms with Crippen molar-refractivity contribution < 1.29 is 13.2 Å². The number of hydrogen-bond donors (Lipinski definition) is 2. The Morgan fingerprint density at radius 2 is 1.73 bits per heavy atom. The molecule has 0 spiro atoms. The van der Waals surface area contributed by atoms with Gasteiger partial charge in [0.1, 0.15) is 5.75 Å². The second-order valence-electron chi connectivity index (χ2n) is 5.86. The van der Waals surface area contributed by atoms with Crippen LogP contribution in [0.25, 0.3) is 0 Å². The van der Waals surface area contributed by atoms with Gasteiger partial charge in [0, 0.05) is 24.5 Å². The number of hydrogen-bond acceptors (Lipinski definition) is 4. The number of urea groups is 1. The van der Waals surface area contributed by atoms with Crippen molar-refractivity contribution in [1.82, 2.24) is 4.72 Å². The molecule has 0 radical (unpaired) electrons. The summed E-state index contributed by atoms with van der Waals surface area (Å²) in [7, 11) is 0. The lowest BCUT2D eigenvalue weighted by Gasteiger charge is -2.22. The molecule has 0 aliphatic carbocycles. The summed E-state index contributed by atoms with van der Waals surface area (Å²) in [6.07, 6.45) is 0. The van der Waals surface area contributed by atoms with Gasteiger partial charge >= 0.3 is 17.3 Å². The molecule has 140 valence electrons. The summed E-state index contributed by atoms with van der Waals surface area (Å²) in [6, 6.07) is 12.3. The number of nitrogens with zero attached hydrogens (tertiary/aromatic N) is 1. The summed E-state index contributed by atoms with van der Waals surface area (Å²) in [5, 5.41) is 2.70. The van der Waals surface area contributed by atoms with Crippen molar-refractivity contribution in [3.8, 4) is 5.75 Å². The number of benzene rings is 2. The molecule has 2 rings (SSSR count). The van der Waals surface area contributed by atoms with Crippen molar-refractivity contribution in [3.05, 3.63) is 53.6 Å². The zero-order chi connectivity index (χ0) is 19.1. The lowest BCUT2D eigenvalue weighted by molar-refractivity contribution is 0.256. The summed E-state index contributed by atoms with van der Waals surface area (Å²) in [5.41, 5.74) is 3.75. The Morgan fingerprint density at radius 1 is 1.08 bits per heavy atom. The van der Waals surface area contributed by atoms with Crippen molar-refractivity contribution in [3.63, 3.8) is 0 Å². The highest BCUT2D eigenvalue weighted by Crippen LogP contribution is 2.22. The number of anilines is 2. The van der Waals surface area contributed by atoms with Gasteiger partial charge in [0.2, 0.25) is 0 Å². The first kappa shape index (κ1) is 19.8. The molecule has 1 unspecified atom stereocenters. The molecule has 1 atom stereocenters. The number of carbonyl (C=O) groups excluding carboxylic acids is 1. The van der Waals surface area contributed by atoms with Gasteiger partial charge in [-0.1, -0.05) is 17.7 Å². The maximum atomic E-state index is 12.0. The van der Waals surface area contributed by atoms with E-state index < -0.39 is 17.3 Å². The summed E-state index contributed by atoms with van der Waals surface area (Å²) in [5.74, 6) is 0.425. The average Bonchev–Trinajstić information content (AvgIpc) is 2.60. The van der Waals surface area contributed by atoms with Crippen LogP contribution in [0.5, 0.6) is 5.75 Å². The highest BCUT2D eigenvalue weighted by atomic mass is 32.2. The molecule has 0 aromatic heterocycles. The average molecular weight is 375 g/mol. The van der Waals surface area contributed by atoms with Gasteiger partial charge in [-0.25, -0.2) is 9.52 Å². The minimum Gasteiger partial charge on any atom is -0.385 e. The molecule has 0 aliphatic heterocycles. The van der Waals surface area contributed by atoms with Gasteiger partial charge in [-0.3, -0.25) is 0 Å². The molecule has 2 aromatic carbocycles. The first-order valence-electron chi connectivity index (χ1n) is 8.53. The molecular weight excluding hydrogens is 350 g/mol. The SMILES string of the molecule is CCN(CC)c1ccc(NC(=O)NS(=O)Oc2ccc(C)cc2)c(C)c1. The van der Waals surface area contributed by atoms with E-state index in [1.54, 1.807) is 12.1 Å². The lowest BCUT2D eigenvalue weighted by Crippen LogP contribution is -2.33.